The molecule has 158 valence electrons. The number of rotatable bonds is 4. The van der Waals surface area contributed by atoms with E-state index < -0.39 is 17.1 Å². The number of anilines is 1. The lowest BCUT2D eigenvalue weighted by molar-refractivity contribution is -0.00716. The van der Waals surface area contributed by atoms with Gasteiger partial charge in [-0.25, -0.2) is 4.79 Å². The van der Waals surface area contributed by atoms with Crippen molar-refractivity contribution in [3.05, 3.63) is 70.7 Å². The van der Waals surface area contributed by atoms with Gasteiger partial charge in [0.05, 0.1) is 23.9 Å². The van der Waals surface area contributed by atoms with Gasteiger partial charge in [0.25, 0.3) is 5.91 Å². The van der Waals surface area contributed by atoms with Crippen LogP contribution in [0.5, 0.6) is 0 Å². The van der Waals surface area contributed by atoms with Gasteiger partial charge in [0.1, 0.15) is 11.1 Å². The van der Waals surface area contributed by atoms with Crippen molar-refractivity contribution < 1.29 is 14.3 Å². The lowest BCUT2D eigenvalue weighted by Crippen LogP contribution is -2.44. The first-order chi connectivity index (χ1) is 15.0. The Morgan fingerprint density at radius 3 is 2.81 bits per heavy atom. The maximum Gasteiger partial charge on any atom is 0.349 e. The van der Waals surface area contributed by atoms with Crippen molar-refractivity contribution in [1.29, 1.82) is 0 Å². The number of piperidine rings is 1. The molecule has 1 saturated heterocycles. The molecule has 1 fully saturated rings. The molecule has 3 N–H and O–H groups in total. The van der Waals surface area contributed by atoms with E-state index in [-0.39, 0.29) is 5.56 Å². The molecule has 1 amide bonds. The molecule has 3 heterocycles. The molecule has 0 radical (unpaired) electrons. The summed E-state index contributed by atoms with van der Waals surface area (Å²) in [5, 5.41) is 22.8. The normalized spacial score (nSPS) is 15.9. The van der Waals surface area contributed by atoms with E-state index in [4.69, 9.17) is 4.42 Å². The zero-order chi connectivity index (χ0) is 21.4. The van der Waals surface area contributed by atoms with Crippen LogP contribution in [0.2, 0.25) is 0 Å². The molecule has 8 nitrogen and oxygen atoms in total. The van der Waals surface area contributed by atoms with E-state index in [1.54, 1.807) is 41.2 Å². The van der Waals surface area contributed by atoms with Crippen molar-refractivity contribution in [2.75, 3.05) is 18.4 Å². The Bertz CT molecular complexity index is 1330. The summed E-state index contributed by atoms with van der Waals surface area (Å²) in [6.45, 7) is 1.99. The molecule has 2 aromatic heterocycles. The van der Waals surface area contributed by atoms with E-state index in [0.717, 1.165) is 24.0 Å². The Kier molecular flexibility index (Phi) is 4.80. The first-order valence-electron chi connectivity index (χ1n) is 10.2. The van der Waals surface area contributed by atoms with Crippen LogP contribution in [-0.2, 0) is 6.54 Å². The fraction of sp³-hybridized carbons (Fsp3) is 0.261. The number of carbonyl (C=O) groups is 1. The molecule has 1 aliphatic rings. The quantitative estimate of drug-likeness (QED) is 0.440. The average Bonchev–Trinajstić information content (AvgIpc) is 3.15. The van der Waals surface area contributed by atoms with Crippen LogP contribution in [0.25, 0.3) is 21.9 Å². The highest BCUT2D eigenvalue weighted by Crippen LogP contribution is 2.25. The summed E-state index contributed by atoms with van der Waals surface area (Å²) >= 11 is 0. The Morgan fingerprint density at radius 1 is 1.16 bits per heavy atom. The number of nitrogens with zero attached hydrogens (tertiary/aromatic N) is 2. The number of amides is 1. The predicted octanol–water partition coefficient (Wildman–Crippen LogP) is 2.51. The van der Waals surface area contributed by atoms with Gasteiger partial charge in [-0.05, 0) is 56.3 Å². The number of aliphatic hydroxyl groups is 1. The van der Waals surface area contributed by atoms with E-state index in [1.807, 2.05) is 12.1 Å². The number of nitrogens with one attached hydrogen (secondary N) is 2. The van der Waals surface area contributed by atoms with Gasteiger partial charge in [-0.15, -0.1) is 0 Å². The third-order valence-corrected chi connectivity index (χ3v) is 5.76. The molecule has 5 rings (SSSR count). The molecule has 0 spiro atoms. The molecule has 2 aromatic carbocycles. The molecular weight excluding hydrogens is 396 g/mol. The smallest absolute Gasteiger partial charge is 0.349 e. The van der Waals surface area contributed by atoms with Crippen LogP contribution in [0.3, 0.4) is 0 Å². The van der Waals surface area contributed by atoms with Crippen LogP contribution >= 0.6 is 0 Å². The molecule has 31 heavy (non-hydrogen) atoms. The Labute approximate surface area is 177 Å². The SMILES string of the molecule is O=C(Nc1ccc2c(cnn2CC2(O)CCNCC2)c1)c1cc2ccccc2oc1=O. The number of aromatic nitrogens is 2. The molecule has 0 aliphatic carbocycles. The minimum atomic E-state index is -0.777. The van der Waals surface area contributed by atoms with Crippen molar-refractivity contribution in [3.63, 3.8) is 0 Å². The van der Waals surface area contributed by atoms with Gasteiger partial charge in [-0.3, -0.25) is 9.48 Å². The zero-order valence-electron chi connectivity index (χ0n) is 16.8. The topological polar surface area (TPSA) is 109 Å². The maximum atomic E-state index is 12.7. The van der Waals surface area contributed by atoms with Gasteiger partial charge in [0.2, 0.25) is 0 Å². The van der Waals surface area contributed by atoms with Crippen molar-refractivity contribution in [2.24, 2.45) is 0 Å². The average molecular weight is 418 g/mol. The molecule has 0 saturated carbocycles. The molecule has 0 bridgehead atoms. The van der Waals surface area contributed by atoms with Crippen molar-refractivity contribution in [3.8, 4) is 0 Å². The first-order valence-corrected chi connectivity index (χ1v) is 10.2. The fourth-order valence-electron chi connectivity index (χ4n) is 4.04. The number of para-hydroxylation sites is 1. The van der Waals surface area contributed by atoms with E-state index in [1.165, 1.54) is 6.07 Å². The highest BCUT2D eigenvalue weighted by molar-refractivity contribution is 6.06. The van der Waals surface area contributed by atoms with Gasteiger partial charge in [0.15, 0.2) is 0 Å². The Balaban J connectivity index is 1.38. The summed E-state index contributed by atoms with van der Waals surface area (Å²) in [6, 6.07) is 14.0. The second-order valence-electron chi connectivity index (χ2n) is 7.99. The molecule has 0 atom stereocenters. The second kappa shape index (κ2) is 7.64. The summed E-state index contributed by atoms with van der Waals surface area (Å²) in [5.41, 5.74) is 0.345. The van der Waals surface area contributed by atoms with E-state index in [2.05, 4.69) is 15.7 Å². The zero-order valence-corrected chi connectivity index (χ0v) is 16.8. The van der Waals surface area contributed by atoms with Crippen LogP contribution in [0.15, 0.2) is 63.9 Å². The van der Waals surface area contributed by atoms with E-state index >= 15 is 0 Å². The Morgan fingerprint density at radius 2 is 1.97 bits per heavy atom. The van der Waals surface area contributed by atoms with Gasteiger partial charge in [0, 0.05) is 16.5 Å². The van der Waals surface area contributed by atoms with Crippen molar-refractivity contribution >= 4 is 33.5 Å². The largest absolute Gasteiger partial charge is 0.422 e. The van der Waals surface area contributed by atoms with Gasteiger partial charge < -0.3 is 20.2 Å². The summed E-state index contributed by atoms with van der Waals surface area (Å²) in [4.78, 5) is 24.9. The van der Waals surface area contributed by atoms with Crippen LogP contribution < -0.4 is 16.3 Å². The van der Waals surface area contributed by atoms with Crippen LogP contribution in [0.1, 0.15) is 23.2 Å². The lowest BCUT2D eigenvalue weighted by atomic mass is 9.92. The minimum Gasteiger partial charge on any atom is -0.422 e. The lowest BCUT2D eigenvalue weighted by Gasteiger charge is -2.32. The van der Waals surface area contributed by atoms with E-state index in [9.17, 15) is 14.7 Å². The van der Waals surface area contributed by atoms with Crippen molar-refractivity contribution in [2.45, 2.75) is 25.0 Å². The summed E-state index contributed by atoms with van der Waals surface area (Å²) in [6.07, 6.45) is 3.06. The molecule has 1 aliphatic heterocycles. The third-order valence-electron chi connectivity index (χ3n) is 5.76. The van der Waals surface area contributed by atoms with Gasteiger partial charge in [-0.1, -0.05) is 18.2 Å². The highest BCUT2D eigenvalue weighted by Gasteiger charge is 2.30. The highest BCUT2D eigenvalue weighted by atomic mass is 16.4. The number of carbonyl (C=O) groups excluding carboxylic acids is 1. The summed E-state index contributed by atoms with van der Waals surface area (Å²) in [7, 11) is 0. The van der Waals surface area contributed by atoms with Crippen LogP contribution in [-0.4, -0.2) is 39.5 Å². The predicted molar refractivity (Wildman–Crippen MR) is 117 cm³/mol. The number of fused-ring (bicyclic) bond motifs is 2. The number of hydrogen-bond donors (Lipinski definition) is 3. The van der Waals surface area contributed by atoms with Gasteiger partial charge in [-0.2, -0.15) is 5.10 Å². The van der Waals surface area contributed by atoms with Crippen molar-refractivity contribution in [1.82, 2.24) is 15.1 Å². The molecule has 0 unspecified atom stereocenters. The molecular formula is C23H22N4O4. The standard InChI is InChI=1S/C23H22N4O4/c28-21(18-12-15-3-1-2-4-20(15)31-22(18)29)26-17-5-6-19-16(11-17)13-25-27(19)14-23(30)7-9-24-10-8-23/h1-6,11-13,24,30H,7-10,14H2,(H,26,28). The minimum absolute atomic E-state index is 0.0531. The first kappa shape index (κ1) is 19.5. The summed E-state index contributed by atoms with van der Waals surface area (Å²) < 4.78 is 7.04. The van der Waals surface area contributed by atoms with Crippen LogP contribution in [0.4, 0.5) is 5.69 Å². The summed E-state index contributed by atoms with van der Waals surface area (Å²) in [5.74, 6) is -0.532. The number of benzene rings is 2. The fourth-order valence-corrected chi connectivity index (χ4v) is 4.04. The Hall–Kier alpha value is -3.49. The van der Waals surface area contributed by atoms with E-state index in [0.29, 0.717) is 36.0 Å². The maximum absolute atomic E-state index is 12.7. The second-order valence-corrected chi connectivity index (χ2v) is 7.99. The molecule has 8 heteroatoms. The monoisotopic (exact) mass is 418 g/mol. The third kappa shape index (κ3) is 3.83. The van der Waals surface area contributed by atoms with Crippen LogP contribution in [0, 0.1) is 0 Å². The number of hydrogen-bond acceptors (Lipinski definition) is 6. The molecule has 4 aromatic rings. The van der Waals surface area contributed by atoms with Gasteiger partial charge >= 0.3 is 5.63 Å².